The lowest BCUT2D eigenvalue weighted by molar-refractivity contribution is 0.276. The summed E-state index contributed by atoms with van der Waals surface area (Å²) in [5.74, 6) is 0. The van der Waals surface area contributed by atoms with Crippen LogP contribution in [0.25, 0.3) is 0 Å². The van der Waals surface area contributed by atoms with E-state index in [-0.39, 0.29) is 12.6 Å². The molecule has 100 valence electrons. The maximum atomic E-state index is 9.53. The smallest absolute Gasteiger partial charge is 0.0745 e. The van der Waals surface area contributed by atoms with Gasteiger partial charge in [-0.05, 0) is 51.8 Å². The molecule has 5 heteroatoms. The Morgan fingerprint density at radius 1 is 1.16 bits per heavy atom. The Morgan fingerprint density at radius 2 is 1.95 bits per heavy atom. The average Bonchev–Trinajstić information content (AvgIpc) is 2.39. The molecule has 0 aliphatic heterocycles. The van der Waals surface area contributed by atoms with E-state index in [2.05, 4.69) is 21.2 Å². The number of nitrogens with one attached hydrogen (secondary N) is 1. The maximum absolute atomic E-state index is 9.53. The molecule has 0 aliphatic rings. The first-order valence-electron chi connectivity index (χ1n) is 5.68. The van der Waals surface area contributed by atoms with Crippen molar-refractivity contribution < 1.29 is 5.11 Å². The van der Waals surface area contributed by atoms with Crippen molar-refractivity contribution in [1.29, 1.82) is 0 Å². The Hall–Kier alpha value is -0.740. The second kappa shape index (κ2) is 6.62. The van der Waals surface area contributed by atoms with E-state index < -0.39 is 0 Å². The lowest BCUT2D eigenvalue weighted by atomic mass is 10.1. The Bertz CT molecular complexity index is 577. The van der Waals surface area contributed by atoms with Gasteiger partial charge in [0.15, 0.2) is 0 Å². The Kier molecular flexibility index (Phi) is 5.11. The monoisotopic (exact) mass is 359 g/mol. The van der Waals surface area contributed by atoms with Gasteiger partial charge >= 0.3 is 0 Å². The van der Waals surface area contributed by atoms with Crippen LogP contribution in [0.2, 0.25) is 10.0 Å². The number of halogens is 3. The minimum Gasteiger partial charge on any atom is -0.394 e. The van der Waals surface area contributed by atoms with Crippen LogP contribution >= 0.6 is 39.1 Å². The van der Waals surface area contributed by atoms with Crippen LogP contribution in [-0.2, 0) is 0 Å². The van der Waals surface area contributed by atoms with Gasteiger partial charge in [-0.15, -0.1) is 0 Å². The number of hydrogen-bond donors (Lipinski definition) is 2. The molecule has 2 rings (SSSR count). The van der Waals surface area contributed by atoms with E-state index in [4.69, 9.17) is 23.2 Å². The van der Waals surface area contributed by atoms with Gasteiger partial charge in [0.05, 0.1) is 17.7 Å². The topological polar surface area (TPSA) is 32.3 Å². The third-order valence-electron chi connectivity index (χ3n) is 2.69. The SMILES string of the molecule is OCC(Nc1cccc(Cl)c1)c1ccc(Cl)c(Br)c1. The number of aliphatic hydroxyl groups excluding tert-OH is 1. The molecule has 0 aromatic heterocycles. The fourth-order valence-corrected chi connectivity index (χ4v) is 2.45. The minimum absolute atomic E-state index is 0.0272. The Labute approximate surface area is 130 Å². The Morgan fingerprint density at radius 3 is 2.58 bits per heavy atom. The fourth-order valence-electron chi connectivity index (χ4n) is 1.74. The second-order valence-corrected chi connectivity index (χ2v) is 5.76. The molecule has 19 heavy (non-hydrogen) atoms. The van der Waals surface area contributed by atoms with Crippen molar-refractivity contribution in [2.24, 2.45) is 0 Å². The predicted octanol–water partition coefficient (Wildman–Crippen LogP) is 4.90. The molecule has 1 unspecified atom stereocenters. The van der Waals surface area contributed by atoms with Crippen molar-refractivity contribution in [2.75, 3.05) is 11.9 Å². The van der Waals surface area contributed by atoms with E-state index in [1.54, 1.807) is 12.1 Å². The van der Waals surface area contributed by atoms with Crippen LogP contribution in [0.4, 0.5) is 5.69 Å². The fraction of sp³-hybridized carbons (Fsp3) is 0.143. The molecule has 0 saturated heterocycles. The lowest BCUT2D eigenvalue weighted by Crippen LogP contribution is -2.14. The van der Waals surface area contributed by atoms with Crippen LogP contribution in [0.3, 0.4) is 0 Å². The normalized spacial score (nSPS) is 12.2. The van der Waals surface area contributed by atoms with E-state index in [0.717, 1.165) is 15.7 Å². The predicted molar refractivity (Wildman–Crippen MR) is 84.1 cm³/mol. The standard InChI is InChI=1S/C14H12BrCl2NO/c15-12-6-9(4-5-13(12)17)14(8-19)18-11-3-1-2-10(16)7-11/h1-7,14,18-19H,8H2. The molecule has 0 saturated carbocycles. The highest BCUT2D eigenvalue weighted by molar-refractivity contribution is 9.10. The highest BCUT2D eigenvalue weighted by Gasteiger charge is 2.11. The zero-order valence-electron chi connectivity index (χ0n) is 9.91. The molecule has 2 aromatic rings. The van der Waals surface area contributed by atoms with Gasteiger partial charge in [-0.3, -0.25) is 0 Å². The molecule has 0 bridgehead atoms. The number of rotatable bonds is 4. The minimum atomic E-state index is -0.216. The highest BCUT2D eigenvalue weighted by Crippen LogP contribution is 2.28. The maximum Gasteiger partial charge on any atom is 0.0745 e. The molecule has 2 aromatic carbocycles. The summed E-state index contributed by atoms with van der Waals surface area (Å²) in [6, 6.07) is 12.7. The van der Waals surface area contributed by atoms with Gasteiger partial charge in [0.2, 0.25) is 0 Å². The Balaban J connectivity index is 2.22. The second-order valence-electron chi connectivity index (χ2n) is 4.06. The van der Waals surface area contributed by atoms with Gasteiger partial charge < -0.3 is 10.4 Å². The summed E-state index contributed by atoms with van der Waals surface area (Å²) in [5.41, 5.74) is 1.80. The van der Waals surface area contributed by atoms with Crippen LogP contribution in [0.15, 0.2) is 46.9 Å². The molecule has 0 aliphatic carbocycles. The van der Waals surface area contributed by atoms with Gasteiger partial charge in [-0.2, -0.15) is 0 Å². The van der Waals surface area contributed by atoms with Crippen molar-refractivity contribution in [3.63, 3.8) is 0 Å². The molecule has 0 radical (unpaired) electrons. The molecular weight excluding hydrogens is 349 g/mol. The first-order chi connectivity index (χ1) is 9.10. The van der Waals surface area contributed by atoms with Crippen LogP contribution in [-0.4, -0.2) is 11.7 Å². The molecule has 0 spiro atoms. The summed E-state index contributed by atoms with van der Waals surface area (Å²) in [5, 5.41) is 14.1. The van der Waals surface area contributed by atoms with Crippen molar-refractivity contribution in [2.45, 2.75) is 6.04 Å². The zero-order chi connectivity index (χ0) is 13.8. The molecular formula is C14H12BrCl2NO. The number of anilines is 1. The van der Waals surface area contributed by atoms with Gasteiger partial charge in [0, 0.05) is 15.2 Å². The number of aliphatic hydroxyl groups is 1. The first-order valence-corrected chi connectivity index (χ1v) is 7.23. The van der Waals surface area contributed by atoms with Gasteiger partial charge in [0.25, 0.3) is 0 Å². The van der Waals surface area contributed by atoms with Crippen LogP contribution in [0.5, 0.6) is 0 Å². The van der Waals surface area contributed by atoms with Crippen LogP contribution < -0.4 is 5.32 Å². The first kappa shape index (κ1) is 14.7. The van der Waals surface area contributed by atoms with E-state index in [0.29, 0.717) is 10.0 Å². The summed E-state index contributed by atoms with van der Waals surface area (Å²) < 4.78 is 0.804. The third kappa shape index (κ3) is 3.86. The summed E-state index contributed by atoms with van der Waals surface area (Å²) in [6.07, 6.45) is 0. The third-order valence-corrected chi connectivity index (χ3v) is 4.14. The average molecular weight is 361 g/mol. The van der Waals surface area contributed by atoms with Gasteiger partial charge in [-0.25, -0.2) is 0 Å². The molecule has 1 atom stereocenters. The van der Waals surface area contributed by atoms with Crippen molar-refractivity contribution in [3.8, 4) is 0 Å². The lowest BCUT2D eigenvalue weighted by Gasteiger charge is -2.18. The number of benzene rings is 2. The van der Waals surface area contributed by atoms with Crippen molar-refractivity contribution in [3.05, 3.63) is 62.5 Å². The molecule has 2 nitrogen and oxygen atoms in total. The quantitative estimate of drug-likeness (QED) is 0.812. The number of hydrogen-bond acceptors (Lipinski definition) is 2. The van der Waals surface area contributed by atoms with E-state index in [9.17, 15) is 5.11 Å². The van der Waals surface area contributed by atoms with Crippen molar-refractivity contribution in [1.82, 2.24) is 0 Å². The molecule has 0 heterocycles. The van der Waals surface area contributed by atoms with E-state index in [1.165, 1.54) is 0 Å². The summed E-state index contributed by atoms with van der Waals surface area (Å²) in [4.78, 5) is 0. The largest absolute Gasteiger partial charge is 0.394 e. The van der Waals surface area contributed by atoms with Crippen LogP contribution in [0.1, 0.15) is 11.6 Å². The van der Waals surface area contributed by atoms with E-state index in [1.807, 2.05) is 30.3 Å². The van der Waals surface area contributed by atoms with Gasteiger partial charge in [-0.1, -0.05) is 35.3 Å². The molecule has 0 fully saturated rings. The molecule has 2 N–H and O–H groups in total. The molecule has 0 amide bonds. The summed E-state index contributed by atoms with van der Waals surface area (Å²) in [7, 11) is 0. The zero-order valence-corrected chi connectivity index (χ0v) is 13.0. The van der Waals surface area contributed by atoms with Crippen molar-refractivity contribution >= 4 is 44.8 Å². The van der Waals surface area contributed by atoms with Crippen LogP contribution in [0, 0.1) is 0 Å². The van der Waals surface area contributed by atoms with E-state index >= 15 is 0 Å². The van der Waals surface area contributed by atoms with Gasteiger partial charge in [0.1, 0.15) is 0 Å². The highest BCUT2D eigenvalue weighted by atomic mass is 79.9. The summed E-state index contributed by atoms with van der Waals surface area (Å²) in [6.45, 7) is -0.0272. The summed E-state index contributed by atoms with van der Waals surface area (Å²) >= 11 is 15.3.